The fraction of sp³-hybridized carbons (Fsp3) is 0.714. The largest absolute Gasteiger partial charge is 0.411 e. The molecule has 0 aliphatic rings. The zero-order valence-corrected chi connectivity index (χ0v) is 7.92. The van der Waals surface area contributed by atoms with E-state index in [0.717, 1.165) is 12.8 Å². The number of ether oxygens (including phenoxy) is 1. The zero-order valence-electron chi connectivity index (χ0n) is 7.16. The average Bonchev–Trinajstić information content (AvgIpc) is 2.03. The minimum atomic E-state index is -1.15. The predicted octanol–water partition coefficient (Wildman–Crippen LogP) is 0.345. The van der Waals surface area contributed by atoms with Crippen LogP contribution < -0.4 is 11.5 Å². The van der Waals surface area contributed by atoms with Gasteiger partial charge in [0.1, 0.15) is 6.04 Å². The normalized spacial score (nSPS) is 12.2. The summed E-state index contributed by atoms with van der Waals surface area (Å²) in [7, 11) is 0. The van der Waals surface area contributed by atoms with E-state index in [1.807, 2.05) is 0 Å². The lowest BCUT2D eigenvalue weighted by atomic mass is 10.1. The number of rotatable bonds is 5. The van der Waals surface area contributed by atoms with E-state index >= 15 is 0 Å². The van der Waals surface area contributed by atoms with Crippen molar-refractivity contribution < 1.29 is 14.3 Å². The Morgan fingerprint density at radius 3 is 2.46 bits per heavy atom. The molecule has 0 fully saturated rings. The van der Waals surface area contributed by atoms with Crippen LogP contribution >= 0.6 is 11.6 Å². The lowest BCUT2D eigenvalue weighted by Gasteiger charge is -2.07. The van der Waals surface area contributed by atoms with Gasteiger partial charge < -0.3 is 16.2 Å². The van der Waals surface area contributed by atoms with Gasteiger partial charge in [-0.1, -0.05) is 6.42 Å². The van der Waals surface area contributed by atoms with E-state index in [0.29, 0.717) is 13.0 Å². The first-order valence-corrected chi connectivity index (χ1v) is 4.32. The third-order valence-corrected chi connectivity index (χ3v) is 1.53. The van der Waals surface area contributed by atoms with Crippen molar-refractivity contribution in [1.29, 1.82) is 0 Å². The highest BCUT2D eigenvalue weighted by Crippen LogP contribution is 2.01. The molecule has 13 heavy (non-hydrogen) atoms. The summed E-state index contributed by atoms with van der Waals surface area (Å²) in [5, 5.41) is 0. The van der Waals surface area contributed by atoms with Crippen LogP contribution in [0, 0.1) is 0 Å². The molecule has 0 rings (SSSR count). The van der Waals surface area contributed by atoms with Crippen LogP contribution in [0.4, 0.5) is 4.79 Å². The van der Waals surface area contributed by atoms with Crippen molar-refractivity contribution in [3.63, 3.8) is 0 Å². The number of unbranched alkanes of at least 4 members (excludes halogenated alkanes) is 1. The molecule has 0 saturated heterocycles. The molecule has 4 N–H and O–H groups in total. The number of esters is 1. The molecule has 0 amide bonds. The SMILES string of the molecule is NCCCC[C@H](N)C(=O)OC(=O)Cl. The van der Waals surface area contributed by atoms with E-state index < -0.39 is 17.4 Å². The van der Waals surface area contributed by atoms with Crippen molar-refractivity contribution in [3.05, 3.63) is 0 Å². The molecule has 5 nitrogen and oxygen atoms in total. The van der Waals surface area contributed by atoms with Crippen LogP contribution in [0.25, 0.3) is 0 Å². The molecule has 76 valence electrons. The minimum absolute atomic E-state index is 0.445. The lowest BCUT2D eigenvalue weighted by Crippen LogP contribution is -2.32. The van der Waals surface area contributed by atoms with E-state index in [2.05, 4.69) is 4.74 Å². The molecule has 0 heterocycles. The Hall–Kier alpha value is -0.650. The number of halogens is 1. The van der Waals surface area contributed by atoms with Crippen molar-refractivity contribution in [3.8, 4) is 0 Å². The first-order valence-electron chi connectivity index (χ1n) is 3.94. The highest BCUT2D eigenvalue weighted by atomic mass is 35.5. The van der Waals surface area contributed by atoms with Crippen LogP contribution in [0.3, 0.4) is 0 Å². The molecule has 0 spiro atoms. The molecule has 0 bridgehead atoms. The first kappa shape index (κ1) is 12.3. The van der Waals surface area contributed by atoms with Crippen LogP contribution in [0.1, 0.15) is 19.3 Å². The summed E-state index contributed by atoms with van der Waals surface area (Å²) in [6.45, 7) is 0.552. The molecular formula is C7H13ClN2O3. The smallest absolute Gasteiger partial charge is 0.379 e. The number of carbonyl (C=O) groups is 2. The van der Waals surface area contributed by atoms with Gasteiger partial charge in [-0.3, -0.25) is 0 Å². The molecule has 0 aliphatic carbocycles. The van der Waals surface area contributed by atoms with Crippen molar-refractivity contribution >= 4 is 23.0 Å². The molecule has 0 radical (unpaired) electrons. The second kappa shape index (κ2) is 6.82. The lowest BCUT2D eigenvalue weighted by molar-refractivity contribution is -0.138. The standard InChI is InChI=1S/C7H13ClN2O3/c8-7(12)13-6(11)5(10)3-1-2-4-9/h5H,1-4,9-10H2/t5-/m0/s1. The minimum Gasteiger partial charge on any atom is -0.379 e. The number of carbonyl (C=O) groups excluding carboxylic acids is 2. The maximum atomic E-state index is 10.9. The topological polar surface area (TPSA) is 95.4 Å². The van der Waals surface area contributed by atoms with Crippen LogP contribution in [-0.4, -0.2) is 24.0 Å². The summed E-state index contributed by atoms with van der Waals surface area (Å²) in [6.07, 6.45) is 1.96. The van der Waals surface area contributed by atoms with Gasteiger partial charge in [-0.2, -0.15) is 0 Å². The first-order chi connectivity index (χ1) is 6.07. The van der Waals surface area contributed by atoms with Gasteiger partial charge in [0.15, 0.2) is 0 Å². The summed E-state index contributed by atoms with van der Waals surface area (Å²) < 4.78 is 4.07. The van der Waals surface area contributed by atoms with Gasteiger partial charge in [0.25, 0.3) is 0 Å². The van der Waals surface area contributed by atoms with Crippen LogP contribution in [-0.2, 0) is 9.53 Å². The van der Waals surface area contributed by atoms with Gasteiger partial charge in [0.05, 0.1) is 0 Å². The summed E-state index contributed by atoms with van der Waals surface area (Å²) in [6, 6.07) is -0.797. The Labute approximate surface area is 81.3 Å². The van der Waals surface area contributed by atoms with Gasteiger partial charge in [0, 0.05) is 11.6 Å². The number of nitrogens with two attached hydrogens (primary N) is 2. The number of hydrogen-bond acceptors (Lipinski definition) is 5. The van der Waals surface area contributed by atoms with Crippen molar-refractivity contribution in [2.75, 3.05) is 6.54 Å². The molecule has 0 saturated carbocycles. The highest BCUT2D eigenvalue weighted by molar-refractivity contribution is 6.61. The Bertz CT molecular complexity index is 187. The summed E-state index contributed by atoms with van der Waals surface area (Å²) in [5.74, 6) is -0.794. The summed E-state index contributed by atoms with van der Waals surface area (Å²) >= 11 is 4.82. The molecule has 0 aromatic carbocycles. The van der Waals surface area contributed by atoms with Gasteiger partial charge in [-0.25, -0.2) is 9.59 Å². The monoisotopic (exact) mass is 208 g/mol. The summed E-state index contributed by atoms with van der Waals surface area (Å²) in [4.78, 5) is 21.0. The molecule has 0 aromatic heterocycles. The van der Waals surface area contributed by atoms with Gasteiger partial charge >= 0.3 is 11.4 Å². The zero-order chi connectivity index (χ0) is 10.3. The van der Waals surface area contributed by atoms with Crippen molar-refractivity contribution in [1.82, 2.24) is 0 Å². The Kier molecular flexibility index (Phi) is 6.48. The highest BCUT2D eigenvalue weighted by Gasteiger charge is 2.16. The maximum absolute atomic E-state index is 10.9. The van der Waals surface area contributed by atoms with Gasteiger partial charge in [-0.05, 0) is 19.4 Å². The Morgan fingerprint density at radius 2 is 2.00 bits per heavy atom. The average molecular weight is 209 g/mol. The fourth-order valence-corrected chi connectivity index (χ4v) is 0.857. The molecular weight excluding hydrogens is 196 g/mol. The van der Waals surface area contributed by atoms with Crippen LogP contribution in [0.2, 0.25) is 0 Å². The summed E-state index contributed by atoms with van der Waals surface area (Å²) in [5.41, 5.74) is 9.47. The fourth-order valence-electron chi connectivity index (χ4n) is 0.781. The quantitative estimate of drug-likeness (QED) is 0.294. The molecule has 1 atom stereocenters. The Morgan fingerprint density at radius 1 is 1.38 bits per heavy atom. The van der Waals surface area contributed by atoms with Crippen molar-refractivity contribution in [2.24, 2.45) is 11.5 Å². The van der Waals surface area contributed by atoms with Gasteiger partial charge in [0.2, 0.25) is 0 Å². The van der Waals surface area contributed by atoms with Crippen LogP contribution in [0.5, 0.6) is 0 Å². The molecule has 0 aromatic rings. The molecule has 6 heteroatoms. The molecule has 0 unspecified atom stereocenters. The van der Waals surface area contributed by atoms with E-state index in [4.69, 9.17) is 23.1 Å². The third-order valence-electron chi connectivity index (χ3n) is 1.45. The second-order valence-corrected chi connectivity index (χ2v) is 2.86. The van der Waals surface area contributed by atoms with E-state index in [-0.39, 0.29) is 0 Å². The maximum Gasteiger partial charge on any atom is 0.411 e. The Balaban J connectivity index is 3.63. The van der Waals surface area contributed by atoms with E-state index in [9.17, 15) is 9.59 Å². The number of hydrogen-bond donors (Lipinski definition) is 2. The predicted molar refractivity (Wildman–Crippen MR) is 48.2 cm³/mol. The van der Waals surface area contributed by atoms with Crippen molar-refractivity contribution in [2.45, 2.75) is 25.3 Å². The van der Waals surface area contributed by atoms with Crippen LogP contribution in [0.15, 0.2) is 0 Å². The second-order valence-electron chi connectivity index (χ2n) is 2.55. The third kappa shape index (κ3) is 6.51. The van der Waals surface area contributed by atoms with E-state index in [1.54, 1.807) is 0 Å². The van der Waals surface area contributed by atoms with Gasteiger partial charge in [-0.15, -0.1) is 0 Å². The van der Waals surface area contributed by atoms with E-state index in [1.165, 1.54) is 0 Å². The molecule has 0 aliphatic heterocycles.